The first-order valence-electron chi connectivity index (χ1n) is 7.62. The number of nitrogens with zero attached hydrogens (tertiary/aromatic N) is 2. The fraction of sp³-hybridized carbons (Fsp3) is 0.933. The second-order valence-electron chi connectivity index (χ2n) is 6.78. The average molecular weight is 268 g/mol. The molecule has 1 amide bonds. The third-order valence-electron chi connectivity index (χ3n) is 5.29. The van der Waals surface area contributed by atoms with Crippen molar-refractivity contribution in [3.05, 3.63) is 0 Å². The molecule has 0 aromatic carbocycles. The molecule has 0 radical (unpaired) electrons. The highest BCUT2D eigenvalue weighted by atomic mass is 16.5. The summed E-state index contributed by atoms with van der Waals surface area (Å²) in [7, 11) is 1.87. The van der Waals surface area contributed by atoms with E-state index in [9.17, 15) is 10.0 Å². The van der Waals surface area contributed by atoms with Crippen LogP contribution in [-0.4, -0.2) is 39.8 Å². The van der Waals surface area contributed by atoms with Crippen molar-refractivity contribution < 1.29 is 10.0 Å². The van der Waals surface area contributed by atoms with Crippen molar-refractivity contribution in [2.75, 3.05) is 7.05 Å². The minimum atomic E-state index is -0.483. The van der Waals surface area contributed by atoms with Crippen molar-refractivity contribution in [2.24, 2.45) is 17.8 Å². The molecule has 2 aliphatic rings. The van der Waals surface area contributed by atoms with E-state index < -0.39 is 5.66 Å². The number of carbonyl (C=O) groups excluding carboxylic acids is 1. The Morgan fingerprint density at radius 1 is 1.42 bits per heavy atom. The predicted octanol–water partition coefficient (Wildman–Crippen LogP) is 2.72. The molecule has 2 rings (SSSR count). The Balaban J connectivity index is 2.43. The van der Waals surface area contributed by atoms with Gasteiger partial charge in [-0.05, 0) is 31.1 Å². The zero-order chi connectivity index (χ0) is 14.4. The molecule has 1 saturated carbocycles. The van der Waals surface area contributed by atoms with Crippen LogP contribution in [0.3, 0.4) is 0 Å². The summed E-state index contributed by atoms with van der Waals surface area (Å²) in [4.78, 5) is 14.3. The summed E-state index contributed by atoms with van der Waals surface area (Å²) in [5.41, 5.74) is -0.483. The smallest absolute Gasteiger partial charge is 0.243 e. The molecule has 1 saturated heterocycles. The number of likely N-dealkylation sites (N-methyl/N-ethyl adjacent to an activating group) is 1. The standard InChI is InChI=1S/C15H28N2O2/c1-6-13-14(18)16(5)15(17(13)19)9-11(4)7-8-12(15)10(2)3/h10-13,19H,6-9H2,1-5H3/t11-,12+,13+,15+/m1/s1. The molecule has 19 heavy (non-hydrogen) atoms. The van der Waals surface area contributed by atoms with E-state index in [1.54, 1.807) is 0 Å². The molecule has 4 atom stereocenters. The molecular formula is C15H28N2O2. The maximum Gasteiger partial charge on any atom is 0.243 e. The van der Waals surface area contributed by atoms with Crippen molar-refractivity contribution in [3.8, 4) is 0 Å². The molecule has 0 bridgehead atoms. The lowest BCUT2D eigenvalue weighted by Gasteiger charge is -2.51. The van der Waals surface area contributed by atoms with Crippen LogP contribution in [0.2, 0.25) is 0 Å². The van der Waals surface area contributed by atoms with Crippen LogP contribution in [0.5, 0.6) is 0 Å². The third-order valence-corrected chi connectivity index (χ3v) is 5.29. The maximum absolute atomic E-state index is 12.4. The predicted molar refractivity (Wildman–Crippen MR) is 74.5 cm³/mol. The van der Waals surface area contributed by atoms with Crippen LogP contribution in [0.25, 0.3) is 0 Å². The van der Waals surface area contributed by atoms with Gasteiger partial charge in [0.05, 0.1) is 0 Å². The molecular weight excluding hydrogens is 240 g/mol. The second kappa shape index (κ2) is 5.06. The Labute approximate surface area is 116 Å². The van der Waals surface area contributed by atoms with Gasteiger partial charge in [0.15, 0.2) is 0 Å². The molecule has 4 heteroatoms. The third kappa shape index (κ3) is 2.00. The van der Waals surface area contributed by atoms with E-state index >= 15 is 0 Å². The van der Waals surface area contributed by atoms with E-state index in [1.165, 1.54) is 11.5 Å². The van der Waals surface area contributed by atoms with Gasteiger partial charge in [-0.25, -0.2) is 0 Å². The van der Waals surface area contributed by atoms with Gasteiger partial charge in [0.1, 0.15) is 11.7 Å². The van der Waals surface area contributed by atoms with Crippen LogP contribution in [0, 0.1) is 17.8 Å². The zero-order valence-corrected chi connectivity index (χ0v) is 12.9. The topological polar surface area (TPSA) is 43.8 Å². The van der Waals surface area contributed by atoms with Gasteiger partial charge in [-0.3, -0.25) is 4.79 Å². The lowest BCUT2D eigenvalue weighted by atomic mass is 9.69. The highest BCUT2D eigenvalue weighted by molar-refractivity contribution is 5.84. The van der Waals surface area contributed by atoms with Gasteiger partial charge in [-0.2, -0.15) is 5.06 Å². The van der Waals surface area contributed by atoms with E-state index in [0.717, 1.165) is 12.8 Å². The number of hydroxylamine groups is 2. The molecule has 110 valence electrons. The van der Waals surface area contributed by atoms with Crippen molar-refractivity contribution >= 4 is 5.91 Å². The molecule has 1 aliphatic carbocycles. The highest BCUT2D eigenvalue weighted by Gasteiger charge is 2.60. The van der Waals surface area contributed by atoms with E-state index in [-0.39, 0.29) is 11.9 Å². The van der Waals surface area contributed by atoms with Crippen LogP contribution in [0.15, 0.2) is 0 Å². The Bertz CT molecular complexity index is 358. The molecule has 1 N–H and O–H groups in total. The first-order valence-corrected chi connectivity index (χ1v) is 7.62. The summed E-state index contributed by atoms with van der Waals surface area (Å²) >= 11 is 0. The minimum Gasteiger partial charge on any atom is -0.323 e. The lowest BCUT2D eigenvalue weighted by molar-refractivity contribution is -0.242. The molecule has 2 fully saturated rings. The first kappa shape index (κ1) is 14.8. The maximum atomic E-state index is 12.4. The average Bonchev–Trinajstić information content (AvgIpc) is 2.52. The Morgan fingerprint density at radius 2 is 2.05 bits per heavy atom. The van der Waals surface area contributed by atoms with Gasteiger partial charge < -0.3 is 10.1 Å². The largest absolute Gasteiger partial charge is 0.323 e. The van der Waals surface area contributed by atoms with Gasteiger partial charge in [0.2, 0.25) is 5.91 Å². The van der Waals surface area contributed by atoms with Crippen LogP contribution < -0.4 is 0 Å². The van der Waals surface area contributed by atoms with E-state index in [0.29, 0.717) is 24.2 Å². The summed E-state index contributed by atoms with van der Waals surface area (Å²) in [5.74, 6) is 1.44. The number of hydrogen-bond donors (Lipinski definition) is 1. The highest BCUT2D eigenvalue weighted by Crippen LogP contribution is 2.49. The monoisotopic (exact) mass is 268 g/mol. The van der Waals surface area contributed by atoms with Crippen LogP contribution >= 0.6 is 0 Å². The summed E-state index contributed by atoms with van der Waals surface area (Å²) in [6, 6.07) is -0.364. The van der Waals surface area contributed by atoms with Crippen molar-refractivity contribution in [1.82, 2.24) is 9.96 Å². The molecule has 4 nitrogen and oxygen atoms in total. The molecule has 0 aromatic heterocycles. The molecule has 1 spiro atoms. The molecule has 0 unspecified atom stereocenters. The molecule has 1 aliphatic heterocycles. The number of hydrogen-bond acceptors (Lipinski definition) is 3. The van der Waals surface area contributed by atoms with E-state index in [4.69, 9.17) is 0 Å². The van der Waals surface area contributed by atoms with Gasteiger partial charge in [-0.15, -0.1) is 0 Å². The summed E-state index contributed by atoms with van der Waals surface area (Å²) in [6.45, 7) is 8.60. The van der Waals surface area contributed by atoms with Gasteiger partial charge in [0.25, 0.3) is 0 Å². The Morgan fingerprint density at radius 3 is 2.53 bits per heavy atom. The Hall–Kier alpha value is -0.610. The van der Waals surface area contributed by atoms with Crippen molar-refractivity contribution in [1.29, 1.82) is 0 Å². The van der Waals surface area contributed by atoms with Crippen molar-refractivity contribution in [3.63, 3.8) is 0 Å². The minimum absolute atomic E-state index is 0.0738. The fourth-order valence-electron chi connectivity index (χ4n) is 4.27. The van der Waals surface area contributed by atoms with Crippen LogP contribution in [-0.2, 0) is 4.79 Å². The summed E-state index contributed by atoms with van der Waals surface area (Å²) in [6.07, 6.45) is 3.83. The number of rotatable bonds is 2. The second-order valence-corrected chi connectivity index (χ2v) is 6.78. The van der Waals surface area contributed by atoms with Crippen LogP contribution in [0.4, 0.5) is 0 Å². The zero-order valence-electron chi connectivity index (χ0n) is 12.9. The molecule has 0 aromatic rings. The SMILES string of the molecule is CC[C@H]1C(=O)N(C)[C@@]2(C[C@H](C)CC[C@H]2C(C)C)N1O. The van der Waals surface area contributed by atoms with Crippen LogP contribution in [0.1, 0.15) is 53.4 Å². The number of carbonyl (C=O) groups is 1. The number of amides is 1. The Kier molecular flexibility index (Phi) is 3.94. The fourth-order valence-corrected chi connectivity index (χ4v) is 4.27. The lowest BCUT2D eigenvalue weighted by Crippen LogP contribution is -2.61. The quantitative estimate of drug-likeness (QED) is 0.837. The van der Waals surface area contributed by atoms with Gasteiger partial charge in [-0.1, -0.05) is 34.1 Å². The summed E-state index contributed by atoms with van der Waals surface area (Å²) < 4.78 is 0. The molecule has 1 heterocycles. The first-order chi connectivity index (χ1) is 8.86. The van der Waals surface area contributed by atoms with Gasteiger partial charge in [0, 0.05) is 13.0 Å². The van der Waals surface area contributed by atoms with E-state index in [2.05, 4.69) is 20.8 Å². The van der Waals surface area contributed by atoms with Gasteiger partial charge >= 0.3 is 0 Å². The normalized spacial score (nSPS) is 40.7. The van der Waals surface area contributed by atoms with E-state index in [1.807, 2.05) is 18.9 Å². The summed E-state index contributed by atoms with van der Waals surface area (Å²) in [5, 5.41) is 12.1. The van der Waals surface area contributed by atoms with Crippen molar-refractivity contribution in [2.45, 2.75) is 65.1 Å².